The Morgan fingerprint density at radius 3 is 2.89 bits per heavy atom. The topological polar surface area (TPSA) is 56.3 Å². The second-order valence-corrected chi connectivity index (χ2v) is 4.20. The van der Waals surface area contributed by atoms with Crippen LogP contribution in [0.25, 0.3) is 0 Å². The first-order chi connectivity index (χ1) is 8.72. The molecule has 0 saturated carbocycles. The fourth-order valence-electron chi connectivity index (χ4n) is 1.40. The van der Waals surface area contributed by atoms with E-state index in [9.17, 15) is 0 Å². The third-order valence-corrected chi connectivity index (χ3v) is 2.23. The molecule has 0 saturated heterocycles. The van der Waals surface area contributed by atoms with Crippen molar-refractivity contribution < 1.29 is 9.47 Å². The number of nitrogens with one attached hydrogen (secondary N) is 1. The van der Waals surface area contributed by atoms with Crippen LogP contribution in [0.4, 0.5) is 5.95 Å². The van der Waals surface area contributed by atoms with Gasteiger partial charge in [-0.05, 0) is 33.6 Å². The summed E-state index contributed by atoms with van der Waals surface area (Å²) in [5, 5.41) is 3.17. The fraction of sp³-hybridized carbons (Fsp3) is 0.692. The summed E-state index contributed by atoms with van der Waals surface area (Å²) in [5.41, 5.74) is 0. The first-order valence-electron chi connectivity index (χ1n) is 6.53. The summed E-state index contributed by atoms with van der Waals surface area (Å²) in [6.45, 7) is 8.29. The summed E-state index contributed by atoms with van der Waals surface area (Å²) in [5.74, 6) is 1.23. The standard InChI is InChI=1S/C13H23N3O2/c1-4-17-12-7-9-15-13(16-12)14-8-5-6-10-18-11(2)3/h7,9,11H,4-6,8,10H2,1-3H3,(H,14,15,16). The van der Waals surface area contributed by atoms with E-state index in [-0.39, 0.29) is 0 Å². The van der Waals surface area contributed by atoms with Gasteiger partial charge >= 0.3 is 0 Å². The van der Waals surface area contributed by atoms with E-state index in [0.29, 0.717) is 24.5 Å². The lowest BCUT2D eigenvalue weighted by Crippen LogP contribution is -2.09. The Morgan fingerprint density at radius 2 is 2.17 bits per heavy atom. The second kappa shape index (κ2) is 8.69. The Balaban J connectivity index is 2.16. The lowest BCUT2D eigenvalue weighted by Gasteiger charge is -2.08. The van der Waals surface area contributed by atoms with Gasteiger partial charge in [-0.1, -0.05) is 0 Å². The lowest BCUT2D eigenvalue weighted by atomic mass is 10.3. The van der Waals surface area contributed by atoms with E-state index in [1.54, 1.807) is 12.3 Å². The van der Waals surface area contributed by atoms with E-state index >= 15 is 0 Å². The number of hydrogen-bond acceptors (Lipinski definition) is 5. The molecule has 1 N–H and O–H groups in total. The molecule has 18 heavy (non-hydrogen) atoms. The van der Waals surface area contributed by atoms with Crippen LogP contribution in [0.5, 0.6) is 5.88 Å². The van der Waals surface area contributed by atoms with Gasteiger partial charge in [0, 0.05) is 25.4 Å². The summed E-state index contributed by atoms with van der Waals surface area (Å²) < 4.78 is 10.8. The summed E-state index contributed by atoms with van der Waals surface area (Å²) in [4.78, 5) is 8.37. The Labute approximate surface area is 109 Å². The lowest BCUT2D eigenvalue weighted by molar-refractivity contribution is 0.0765. The van der Waals surface area contributed by atoms with Crippen molar-refractivity contribution in [2.24, 2.45) is 0 Å². The fourth-order valence-corrected chi connectivity index (χ4v) is 1.40. The van der Waals surface area contributed by atoms with E-state index in [1.807, 2.05) is 20.8 Å². The van der Waals surface area contributed by atoms with Crippen molar-refractivity contribution in [3.05, 3.63) is 12.3 Å². The minimum absolute atomic E-state index is 0.309. The molecule has 0 spiro atoms. The van der Waals surface area contributed by atoms with Gasteiger partial charge < -0.3 is 14.8 Å². The zero-order valence-corrected chi connectivity index (χ0v) is 11.5. The molecule has 0 aliphatic carbocycles. The highest BCUT2D eigenvalue weighted by Crippen LogP contribution is 2.08. The highest BCUT2D eigenvalue weighted by atomic mass is 16.5. The van der Waals surface area contributed by atoms with Gasteiger partial charge in [-0.25, -0.2) is 4.98 Å². The molecule has 1 aromatic rings. The minimum atomic E-state index is 0.309. The van der Waals surface area contributed by atoms with E-state index in [1.165, 1.54) is 0 Å². The zero-order chi connectivity index (χ0) is 13.2. The Hall–Kier alpha value is -1.36. The van der Waals surface area contributed by atoms with Crippen LogP contribution < -0.4 is 10.1 Å². The number of unbranched alkanes of at least 4 members (excludes halogenated alkanes) is 1. The van der Waals surface area contributed by atoms with E-state index in [2.05, 4.69) is 15.3 Å². The molecule has 102 valence electrons. The van der Waals surface area contributed by atoms with Gasteiger partial charge in [-0.3, -0.25) is 0 Å². The number of rotatable bonds is 9. The predicted molar refractivity (Wildman–Crippen MR) is 72.0 cm³/mol. The molecule has 5 nitrogen and oxygen atoms in total. The molecule has 0 radical (unpaired) electrons. The summed E-state index contributed by atoms with van der Waals surface area (Å²) in [6, 6.07) is 1.76. The van der Waals surface area contributed by atoms with Gasteiger partial charge in [0.1, 0.15) is 0 Å². The molecular formula is C13H23N3O2. The quantitative estimate of drug-likeness (QED) is 0.685. The molecule has 0 unspecified atom stereocenters. The SMILES string of the molecule is CCOc1ccnc(NCCCCOC(C)C)n1. The van der Waals surface area contributed by atoms with Crippen LogP contribution in [0, 0.1) is 0 Å². The number of nitrogens with zero attached hydrogens (tertiary/aromatic N) is 2. The van der Waals surface area contributed by atoms with Gasteiger partial charge in [-0.2, -0.15) is 4.98 Å². The zero-order valence-electron chi connectivity index (χ0n) is 11.5. The molecule has 0 bridgehead atoms. The largest absolute Gasteiger partial charge is 0.478 e. The van der Waals surface area contributed by atoms with Crippen molar-refractivity contribution in [3.63, 3.8) is 0 Å². The van der Waals surface area contributed by atoms with E-state index in [0.717, 1.165) is 26.0 Å². The van der Waals surface area contributed by atoms with Crippen LogP contribution in [-0.2, 0) is 4.74 Å². The molecule has 0 fully saturated rings. The Morgan fingerprint density at radius 1 is 1.33 bits per heavy atom. The van der Waals surface area contributed by atoms with Crippen molar-refractivity contribution in [1.82, 2.24) is 9.97 Å². The van der Waals surface area contributed by atoms with Crippen LogP contribution in [0.1, 0.15) is 33.6 Å². The maximum atomic E-state index is 5.47. The summed E-state index contributed by atoms with van der Waals surface area (Å²) in [6.07, 6.45) is 4.08. The summed E-state index contributed by atoms with van der Waals surface area (Å²) in [7, 11) is 0. The van der Waals surface area contributed by atoms with Crippen molar-refractivity contribution >= 4 is 5.95 Å². The average molecular weight is 253 g/mol. The van der Waals surface area contributed by atoms with E-state index in [4.69, 9.17) is 9.47 Å². The Kier molecular flexibility index (Phi) is 7.10. The van der Waals surface area contributed by atoms with Crippen molar-refractivity contribution in [2.75, 3.05) is 25.1 Å². The first-order valence-corrected chi connectivity index (χ1v) is 6.53. The van der Waals surface area contributed by atoms with Gasteiger partial charge in [-0.15, -0.1) is 0 Å². The number of aromatic nitrogens is 2. The average Bonchev–Trinajstić information content (AvgIpc) is 2.34. The molecule has 1 heterocycles. The first kappa shape index (κ1) is 14.7. The highest BCUT2D eigenvalue weighted by Gasteiger charge is 1.99. The van der Waals surface area contributed by atoms with Crippen molar-refractivity contribution in [1.29, 1.82) is 0 Å². The molecule has 0 amide bonds. The molecule has 0 aromatic carbocycles. The predicted octanol–water partition coefficient (Wildman–Crippen LogP) is 2.49. The third kappa shape index (κ3) is 6.39. The van der Waals surface area contributed by atoms with Crippen molar-refractivity contribution in [2.45, 2.75) is 39.7 Å². The number of anilines is 1. The molecular weight excluding hydrogens is 230 g/mol. The summed E-state index contributed by atoms with van der Waals surface area (Å²) >= 11 is 0. The van der Waals surface area contributed by atoms with Crippen LogP contribution >= 0.6 is 0 Å². The Bertz CT molecular complexity index is 332. The van der Waals surface area contributed by atoms with Gasteiger partial charge in [0.2, 0.25) is 11.8 Å². The van der Waals surface area contributed by atoms with E-state index < -0.39 is 0 Å². The van der Waals surface area contributed by atoms with Crippen LogP contribution in [0.3, 0.4) is 0 Å². The van der Waals surface area contributed by atoms with Crippen LogP contribution in [0.15, 0.2) is 12.3 Å². The molecule has 0 aliphatic heterocycles. The normalized spacial score (nSPS) is 10.7. The van der Waals surface area contributed by atoms with Gasteiger partial charge in [0.15, 0.2) is 0 Å². The van der Waals surface area contributed by atoms with Gasteiger partial charge in [0.05, 0.1) is 12.7 Å². The maximum absolute atomic E-state index is 5.47. The molecule has 1 aromatic heterocycles. The molecule has 0 atom stereocenters. The second-order valence-electron chi connectivity index (χ2n) is 4.20. The third-order valence-electron chi connectivity index (χ3n) is 2.23. The maximum Gasteiger partial charge on any atom is 0.225 e. The molecule has 1 rings (SSSR count). The smallest absolute Gasteiger partial charge is 0.225 e. The minimum Gasteiger partial charge on any atom is -0.478 e. The molecule has 5 heteroatoms. The number of hydrogen-bond donors (Lipinski definition) is 1. The van der Waals surface area contributed by atoms with Crippen molar-refractivity contribution in [3.8, 4) is 5.88 Å². The monoisotopic (exact) mass is 253 g/mol. The number of ether oxygens (including phenoxy) is 2. The highest BCUT2D eigenvalue weighted by molar-refractivity contribution is 5.27. The van der Waals surface area contributed by atoms with Crippen LogP contribution in [-0.4, -0.2) is 35.8 Å². The van der Waals surface area contributed by atoms with Crippen LogP contribution in [0.2, 0.25) is 0 Å². The van der Waals surface area contributed by atoms with Gasteiger partial charge in [0.25, 0.3) is 0 Å². The molecule has 0 aliphatic rings.